The topological polar surface area (TPSA) is 75.9 Å². The summed E-state index contributed by atoms with van der Waals surface area (Å²) < 4.78 is 4.93. The number of nitro benzene ring substituents is 1. The highest BCUT2D eigenvalue weighted by atomic mass is 16.6. The van der Waals surface area contributed by atoms with Crippen molar-refractivity contribution in [2.45, 2.75) is 19.4 Å². The Morgan fingerprint density at radius 1 is 1.50 bits per heavy atom. The van der Waals surface area contributed by atoms with Crippen molar-refractivity contribution in [3.05, 3.63) is 33.9 Å². The first-order valence-electron chi connectivity index (χ1n) is 7.31. The first-order chi connectivity index (χ1) is 10.4. The number of nitrogens with zero attached hydrogens (tertiary/aromatic N) is 3. The van der Waals surface area contributed by atoms with Crippen molar-refractivity contribution >= 4 is 17.3 Å². The molecular weight excluding hydrogens is 286 g/mol. The monoisotopic (exact) mass is 307 g/mol. The summed E-state index contributed by atoms with van der Waals surface area (Å²) in [6.45, 7) is 3.57. The molecule has 7 nitrogen and oxygen atoms in total. The molecule has 1 aliphatic heterocycles. The van der Waals surface area contributed by atoms with Gasteiger partial charge >= 0.3 is 5.97 Å². The van der Waals surface area contributed by atoms with Gasteiger partial charge in [-0.3, -0.25) is 10.1 Å². The van der Waals surface area contributed by atoms with Gasteiger partial charge in [0.25, 0.3) is 5.69 Å². The van der Waals surface area contributed by atoms with Gasteiger partial charge < -0.3 is 14.5 Å². The summed E-state index contributed by atoms with van der Waals surface area (Å²) in [5.74, 6) is -0.653. The second-order valence-corrected chi connectivity index (χ2v) is 5.53. The highest BCUT2D eigenvalue weighted by Crippen LogP contribution is 2.28. The number of likely N-dealkylation sites (N-methyl/N-ethyl adjacent to an activating group) is 1. The van der Waals surface area contributed by atoms with Crippen LogP contribution in [0.2, 0.25) is 0 Å². The predicted molar refractivity (Wildman–Crippen MR) is 83.4 cm³/mol. The van der Waals surface area contributed by atoms with Gasteiger partial charge in [-0.2, -0.15) is 0 Å². The highest BCUT2D eigenvalue weighted by molar-refractivity contribution is 5.95. The third kappa shape index (κ3) is 3.36. The molecule has 1 aromatic carbocycles. The molecule has 0 spiro atoms. The summed E-state index contributed by atoms with van der Waals surface area (Å²) in [5.41, 5.74) is 0.612. The van der Waals surface area contributed by atoms with E-state index < -0.39 is 10.9 Å². The molecule has 0 N–H and O–H groups in total. The van der Waals surface area contributed by atoms with E-state index in [1.165, 1.54) is 6.07 Å². The summed E-state index contributed by atoms with van der Waals surface area (Å²) in [4.78, 5) is 26.8. The molecule has 2 rings (SSSR count). The molecule has 1 fully saturated rings. The van der Waals surface area contributed by atoms with Crippen molar-refractivity contribution in [2.75, 3.05) is 38.7 Å². The van der Waals surface area contributed by atoms with Crippen molar-refractivity contribution in [1.29, 1.82) is 0 Å². The van der Waals surface area contributed by atoms with Crippen molar-refractivity contribution in [1.82, 2.24) is 4.90 Å². The van der Waals surface area contributed by atoms with E-state index in [0.29, 0.717) is 6.04 Å². The first-order valence-corrected chi connectivity index (χ1v) is 7.31. The minimum absolute atomic E-state index is 0.0117. The fourth-order valence-electron chi connectivity index (χ4n) is 2.65. The molecule has 1 aromatic rings. The number of hydrogen-bond donors (Lipinski definition) is 0. The molecule has 0 bridgehead atoms. The fraction of sp³-hybridized carbons (Fsp3) is 0.533. The van der Waals surface area contributed by atoms with E-state index >= 15 is 0 Å². The zero-order valence-corrected chi connectivity index (χ0v) is 13.1. The zero-order valence-electron chi connectivity index (χ0n) is 13.1. The fourth-order valence-corrected chi connectivity index (χ4v) is 2.65. The maximum Gasteiger partial charge on any atom is 0.345 e. The lowest BCUT2D eigenvalue weighted by Gasteiger charge is -2.22. The molecule has 1 saturated heterocycles. The Labute approximate surface area is 129 Å². The molecule has 1 atom stereocenters. The van der Waals surface area contributed by atoms with Crippen molar-refractivity contribution in [3.8, 4) is 0 Å². The van der Waals surface area contributed by atoms with E-state index in [1.807, 2.05) is 14.1 Å². The molecule has 0 radical (unpaired) electrons. The van der Waals surface area contributed by atoms with E-state index in [9.17, 15) is 14.9 Å². The van der Waals surface area contributed by atoms with Crippen LogP contribution in [0.4, 0.5) is 11.4 Å². The van der Waals surface area contributed by atoms with Crippen LogP contribution in [0.15, 0.2) is 18.2 Å². The normalized spacial score (nSPS) is 17.8. The molecular formula is C15H21N3O4. The largest absolute Gasteiger partial charge is 0.462 e. The maximum absolute atomic E-state index is 12.0. The molecule has 22 heavy (non-hydrogen) atoms. The third-order valence-corrected chi connectivity index (χ3v) is 3.93. The zero-order chi connectivity index (χ0) is 16.3. The summed E-state index contributed by atoms with van der Waals surface area (Å²) in [5, 5.41) is 11.1. The van der Waals surface area contributed by atoms with Gasteiger partial charge in [-0.15, -0.1) is 0 Å². The van der Waals surface area contributed by atoms with Gasteiger partial charge in [-0.05, 0) is 39.6 Å². The Hall–Kier alpha value is -2.15. The Balaban J connectivity index is 2.29. The summed E-state index contributed by atoms with van der Waals surface area (Å²) in [7, 11) is 4.07. The number of nitro groups is 1. The first kappa shape index (κ1) is 16.2. The molecule has 0 aromatic heterocycles. The molecule has 1 heterocycles. The SMILES string of the molecule is CCOC(=O)c1cc(N2CCC(N(C)C)C2)ccc1[N+](=O)[O-]. The molecule has 7 heteroatoms. The molecule has 1 unspecified atom stereocenters. The van der Waals surface area contributed by atoms with E-state index in [1.54, 1.807) is 19.1 Å². The second kappa shape index (κ2) is 6.74. The summed E-state index contributed by atoms with van der Waals surface area (Å²) >= 11 is 0. The molecule has 1 aliphatic rings. The smallest absolute Gasteiger partial charge is 0.345 e. The molecule has 0 aliphatic carbocycles. The van der Waals surface area contributed by atoms with Crippen molar-refractivity contribution in [2.24, 2.45) is 0 Å². The number of benzene rings is 1. The van der Waals surface area contributed by atoms with Crippen molar-refractivity contribution in [3.63, 3.8) is 0 Å². The van der Waals surface area contributed by atoms with Crippen LogP contribution >= 0.6 is 0 Å². The number of esters is 1. The number of rotatable bonds is 5. The highest BCUT2D eigenvalue weighted by Gasteiger charge is 2.27. The Morgan fingerprint density at radius 3 is 2.77 bits per heavy atom. The minimum Gasteiger partial charge on any atom is -0.462 e. The van der Waals surface area contributed by atoms with Crippen LogP contribution in [-0.4, -0.2) is 55.6 Å². The van der Waals surface area contributed by atoms with E-state index in [2.05, 4.69) is 9.80 Å². The summed E-state index contributed by atoms with van der Waals surface area (Å²) in [6, 6.07) is 5.08. The van der Waals surface area contributed by atoms with E-state index in [-0.39, 0.29) is 17.9 Å². The van der Waals surface area contributed by atoms with E-state index in [4.69, 9.17) is 4.74 Å². The van der Waals surface area contributed by atoms with Crippen LogP contribution in [0.1, 0.15) is 23.7 Å². The lowest BCUT2D eigenvalue weighted by Crippen LogP contribution is -2.31. The Bertz CT molecular complexity index is 574. The number of carbonyl (C=O) groups is 1. The average molecular weight is 307 g/mol. The summed E-state index contributed by atoms with van der Waals surface area (Å²) in [6.07, 6.45) is 1.03. The van der Waals surface area contributed by atoms with Gasteiger partial charge in [-0.1, -0.05) is 0 Å². The lowest BCUT2D eigenvalue weighted by atomic mass is 10.1. The van der Waals surface area contributed by atoms with Gasteiger partial charge in [0.05, 0.1) is 11.5 Å². The van der Waals surface area contributed by atoms with Crippen LogP contribution < -0.4 is 4.90 Å². The quantitative estimate of drug-likeness (QED) is 0.470. The Kier molecular flexibility index (Phi) is 4.97. The molecule has 0 amide bonds. The Morgan fingerprint density at radius 2 is 2.23 bits per heavy atom. The second-order valence-electron chi connectivity index (χ2n) is 5.53. The number of ether oxygens (including phenoxy) is 1. The standard InChI is InChI=1S/C15H21N3O4/c1-4-22-15(19)13-9-11(5-6-14(13)18(20)21)17-8-7-12(10-17)16(2)3/h5-6,9,12H,4,7-8,10H2,1-3H3. The molecule has 0 saturated carbocycles. The average Bonchev–Trinajstić information content (AvgIpc) is 2.96. The number of anilines is 1. The van der Waals surface area contributed by atoms with Gasteiger partial charge in [0, 0.05) is 30.9 Å². The van der Waals surface area contributed by atoms with Gasteiger partial charge in [0.2, 0.25) is 0 Å². The maximum atomic E-state index is 12.0. The van der Waals surface area contributed by atoms with Crippen LogP contribution in [0.5, 0.6) is 0 Å². The minimum atomic E-state index is -0.653. The predicted octanol–water partition coefficient (Wildman–Crippen LogP) is 1.91. The van der Waals surface area contributed by atoms with Crippen molar-refractivity contribution < 1.29 is 14.5 Å². The van der Waals surface area contributed by atoms with Gasteiger partial charge in [0.1, 0.15) is 5.56 Å². The number of carbonyl (C=O) groups excluding carboxylic acids is 1. The number of hydrogen-bond acceptors (Lipinski definition) is 6. The lowest BCUT2D eigenvalue weighted by molar-refractivity contribution is -0.385. The van der Waals surface area contributed by atoms with Crippen LogP contribution in [0, 0.1) is 10.1 Å². The van der Waals surface area contributed by atoms with Crippen LogP contribution in [-0.2, 0) is 4.74 Å². The third-order valence-electron chi connectivity index (χ3n) is 3.93. The van der Waals surface area contributed by atoms with Crippen LogP contribution in [0.3, 0.4) is 0 Å². The van der Waals surface area contributed by atoms with Crippen LogP contribution in [0.25, 0.3) is 0 Å². The van der Waals surface area contributed by atoms with Gasteiger partial charge in [0.15, 0.2) is 0 Å². The van der Waals surface area contributed by atoms with E-state index in [0.717, 1.165) is 25.2 Å². The molecule has 120 valence electrons. The van der Waals surface area contributed by atoms with Gasteiger partial charge in [-0.25, -0.2) is 4.79 Å².